The van der Waals surface area contributed by atoms with E-state index >= 15 is 0 Å². The molecule has 1 aromatic carbocycles. The Hall–Kier alpha value is -1.20. The van der Waals surface area contributed by atoms with Gasteiger partial charge >= 0.3 is 0 Å². The predicted molar refractivity (Wildman–Crippen MR) is 69.1 cm³/mol. The summed E-state index contributed by atoms with van der Waals surface area (Å²) in [5.41, 5.74) is 6.39. The summed E-state index contributed by atoms with van der Waals surface area (Å²) in [5.74, 6) is 1.92. The largest absolute Gasteiger partial charge is 0.399 e. The van der Waals surface area contributed by atoms with Crippen molar-refractivity contribution in [2.24, 2.45) is 0 Å². The Morgan fingerprint density at radius 1 is 1.47 bits per heavy atom. The van der Waals surface area contributed by atoms with Gasteiger partial charge in [0, 0.05) is 17.0 Å². The monoisotopic (exact) mass is 269 g/mol. The van der Waals surface area contributed by atoms with E-state index in [2.05, 4.69) is 10.1 Å². The van der Waals surface area contributed by atoms with E-state index in [1.165, 1.54) is 11.8 Å². The lowest BCUT2D eigenvalue weighted by Crippen LogP contribution is -1.87. The first-order chi connectivity index (χ1) is 8.19. The molecule has 0 atom stereocenters. The van der Waals surface area contributed by atoms with Crippen LogP contribution in [-0.2, 0) is 12.2 Å². The second-order valence-electron chi connectivity index (χ2n) is 3.44. The minimum absolute atomic E-state index is 0.593. The normalized spacial score (nSPS) is 10.7. The molecule has 0 bridgehead atoms. The highest BCUT2D eigenvalue weighted by molar-refractivity contribution is 7.98. The van der Waals surface area contributed by atoms with Crippen molar-refractivity contribution in [2.75, 3.05) is 5.73 Å². The van der Waals surface area contributed by atoms with Gasteiger partial charge < -0.3 is 10.3 Å². The van der Waals surface area contributed by atoms with Gasteiger partial charge in [-0.1, -0.05) is 23.7 Å². The Morgan fingerprint density at radius 2 is 2.29 bits per heavy atom. The van der Waals surface area contributed by atoms with Crippen LogP contribution in [0.4, 0.5) is 5.69 Å². The highest BCUT2D eigenvalue weighted by Gasteiger charge is 2.07. The number of anilines is 1. The quantitative estimate of drug-likeness (QED) is 0.682. The van der Waals surface area contributed by atoms with Crippen molar-refractivity contribution in [1.29, 1.82) is 0 Å². The zero-order chi connectivity index (χ0) is 12.3. The summed E-state index contributed by atoms with van der Waals surface area (Å²) in [6.07, 6.45) is 0.771. The van der Waals surface area contributed by atoms with Crippen LogP contribution in [0.2, 0.25) is 5.02 Å². The molecule has 0 amide bonds. The summed E-state index contributed by atoms with van der Waals surface area (Å²) in [7, 11) is 0. The van der Waals surface area contributed by atoms with Gasteiger partial charge in [0.2, 0.25) is 5.89 Å². The number of benzene rings is 1. The van der Waals surface area contributed by atoms with E-state index in [-0.39, 0.29) is 0 Å². The maximum atomic E-state index is 6.05. The fraction of sp³-hybridized carbons (Fsp3) is 0.273. The zero-order valence-corrected chi connectivity index (χ0v) is 10.9. The smallest absolute Gasteiger partial charge is 0.237 e. The second kappa shape index (κ2) is 5.42. The standard InChI is InChI=1S/C11H12ClN3OS/c1-2-10-14-11(16-15-10)6-17-9-5-7(13)3-4-8(9)12/h3-5H,2,6,13H2,1H3. The molecule has 2 rings (SSSR count). The summed E-state index contributed by atoms with van der Waals surface area (Å²) >= 11 is 7.58. The van der Waals surface area contributed by atoms with E-state index in [9.17, 15) is 0 Å². The molecule has 6 heteroatoms. The number of nitrogen functional groups attached to an aromatic ring is 1. The zero-order valence-electron chi connectivity index (χ0n) is 9.31. The first kappa shape index (κ1) is 12.3. The first-order valence-electron chi connectivity index (χ1n) is 5.18. The van der Waals surface area contributed by atoms with Crippen LogP contribution in [0.15, 0.2) is 27.6 Å². The topological polar surface area (TPSA) is 64.9 Å². The highest BCUT2D eigenvalue weighted by Crippen LogP contribution is 2.30. The van der Waals surface area contributed by atoms with Gasteiger partial charge in [-0.3, -0.25) is 0 Å². The third-order valence-corrected chi connectivity index (χ3v) is 3.61. The number of aromatic nitrogens is 2. The molecule has 2 N–H and O–H groups in total. The van der Waals surface area contributed by atoms with E-state index in [1.54, 1.807) is 12.1 Å². The first-order valence-corrected chi connectivity index (χ1v) is 6.54. The Balaban J connectivity index is 2.04. The molecule has 0 saturated heterocycles. The molecule has 4 nitrogen and oxygen atoms in total. The summed E-state index contributed by atoms with van der Waals surface area (Å²) in [6, 6.07) is 5.39. The predicted octanol–water partition coefficient (Wildman–Crippen LogP) is 3.16. The van der Waals surface area contributed by atoms with Crippen molar-refractivity contribution in [2.45, 2.75) is 24.0 Å². The molecular weight excluding hydrogens is 258 g/mol. The molecule has 1 heterocycles. The van der Waals surface area contributed by atoms with Crippen molar-refractivity contribution in [3.63, 3.8) is 0 Å². The molecule has 0 spiro atoms. The van der Waals surface area contributed by atoms with E-state index in [0.717, 1.165) is 17.1 Å². The SMILES string of the molecule is CCc1noc(CSc2cc(N)ccc2Cl)n1. The Bertz CT molecular complexity index is 515. The number of halogens is 1. The molecule has 0 fully saturated rings. The number of hydrogen-bond donors (Lipinski definition) is 1. The number of nitrogens with zero attached hydrogens (tertiary/aromatic N) is 2. The lowest BCUT2D eigenvalue weighted by Gasteiger charge is -2.02. The number of thioether (sulfide) groups is 1. The Morgan fingerprint density at radius 3 is 3.00 bits per heavy atom. The number of hydrogen-bond acceptors (Lipinski definition) is 5. The van der Waals surface area contributed by atoms with Crippen LogP contribution in [0.5, 0.6) is 0 Å². The molecule has 0 unspecified atom stereocenters. The summed E-state index contributed by atoms with van der Waals surface area (Å²) in [6.45, 7) is 1.98. The van der Waals surface area contributed by atoms with Crippen molar-refractivity contribution in [3.8, 4) is 0 Å². The van der Waals surface area contributed by atoms with Gasteiger partial charge in [0.15, 0.2) is 5.82 Å². The fourth-order valence-corrected chi connectivity index (χ4v) is 2.37. The highest BCUT2D eigenvalue weighted by atomic mass is 35.5. The molecular formula is C11H12ClN3OS. The molecule has 0 aliphatic carbocycles. The van der Waals surface area contributed by atoms with Gasteiger partial charge in [0.1, 0.15) is 0 Å². The summed E-state index contributed by atoms with van der Waals surface area (Å²) in [4.78, 5) is 5.14. The average Bonchev–Trinajstić information content (AvgIpc) is 2.78. The van der Waals surface area contributed by atoms with Gasteiger partial charge in [-0.2, -0.15) is 4.98 Å². The van der Waals surface area contributed by atoms with Gasteiger partial charge in [-0.25, -0.2) is 0 Å². The van der Waals surface area contributed by atoms with Crippen molar-refractivity contribution < 1.29 is 4.52 Å². The van der Waals surface area contributed by atoms with Crippen LogP contribution in [0.3, 0.4) is 0 Å². The van der Waals surface area contributed by atoms with Crippen LogP contribution in [0, 0.1) is 0 Å². The van der Waals surface area contributed by atoms with Gasteiger partial charge in [0.25, 0.3) is 0 Å². The number of nitrogens with two attached hydrogens (primary N) is 1. The average molecular weight is 270 g/mol. The fourth-order valence-electron chi connectivity index (χ4n) is 1.26. The van der Waals surface area contributed by atoms with Crippen LogP contribution >= 0.6 is 23.4 Å². The number of aryl methyl sites for hydroxylation is 1. The van der Waals surface area contributed by atoms with Crippen LogP contribution in [0.1, 0.15) is 18.6 Å². The van der Waals surface area contributed by atoms with Crippen molar-refractivity contribution in [3.05, 3.63) is 34.9 Å². The lowest BCUT2D eigenvalue weighted by atomic mass is 10.3. The summed E-state index contributed by atoms with van der Waals surface area (Å²) in [5, 5.41) is 4.51. The molecule has 0 radical (unpaired) electrons. The van der Waals surface area contributed by atoms with Gasteiger partial charge in [-0.05, 0) is 18.2 Å². The van der Waals surface area contributed by atoms with Crippen LogP contribution in [-0.4, -0.2) is 10.1 Å². The third-order valence-electron chi connectivity index (χ3n) is 2.13. The lowest BCUT2D eigenvalue weighted by molar-refractivity contribution is 0.385. The van der Waals surface area contributed by atoms with Crippen LogP contribution in [0.25, 0.3) is 0 Å². The molecule has 17 heavy (non-hydrogen) atoms. The van der Waals surface area contributed by atoms with Crippen LogP contribution < -0.4 is 5.73 Å². The molecule has 2 aromatic rings. The molecule has 0 aliphatic heterocycles. The van der Waals surface area contributed by atoms with Gasteiger partial charge in [-0.15, -0.1) is 11.8 Å². The third kappa shape index (κ3) is 3.14. The maximum absolute atomic E-state index is 6.05. The van der Waals surface area contributed by atoms with E-state index in [1.807, 2.05) is 13.0 Å². The minimum atomic E-state index is 0.593. The maximum Gasteiger partial charge on any atom is 0.237 e. The molecule has 90 valence electrons. The van der Waals surface area contributed by atoms with E-state index in [4.69, 9.17) is 21.9 Å². The van der Waals surface area contributed by atoms with Gasteiger partial charge in [0.05, 0.1) is 10.8 Å². The minimum Gasteiger partial charge on any atom is -0.399 e. The molecule has 1 aromatic heterocycles. The Kier molecular flexibility index (Phi) is 3.91. The van der Waals surface area contributed by atoms with E-state index < -0.39 is 0 Å². The van der Waals surface area contributed by atoms with Crippen molar-refractivity contribution >= 4 is 29.1 Å². The van der Waals surface area contributed by atoms with E-state index in [0.29, 0.717) is 22.4 Å². The Labute approximate surface area is 109 Å². The van der Waals surface area contributed by atoms with Crippen molar-refractivity contribution in [1.82, 2.24) is 10.1 Å². The summed E-state index contributed by atoms with van der Waals surface area (Å²) < 4.78 is 5.09. The molecule has 0 aliphatic rings. The molecule has 0 saturated carbocycles. The second-order valence-corrected chi connectivity index (χ2v) is 4.86. The number of rotatable bonds is 4.